The molecule has 0 aliphatic carbocycles. The summed E-state index contributed by atoms with van der Waals surface area (Å²) in [6, 6.07) is 7.40. The predicted molar refractivity (Wildman–Crippen MR) is 74.2 cm³/mol. The summed E-state index contributed by atoms with van der Waals surface area (Å²) >= 11 is 6.01. The SMILES string of the molecule is CCOc1cccc(Oc2nc(C)nc(Cl)c2C)c1. The summed E-state index contributed by atoms with van der Waals surface area (Å²) < 4.78 is 11.2. The number of hydrogen-bond donors (Lipinski definition) is 0. The van der Waals surface area contributed by atoms with Crippen molar-refractivity contribution in [1.82, 2.24) is 9.97 Å². The Hall–Kier alpha value is -1.81. The highest BCUT2D eigenvalue weighted by Crippen LogP contribution is 2.28. The van der Waals surface area contributed by atoms with Crippen LogP contribution < -0.4 is 9.47 Å². The summed E-state index contributed by atoms with van der Waals surface area (Å²) in [5.41, 5.74) is 0.717. The molecule has 0 unspecified atom stereocenters. The summed E-state index contributed by atoms with van der Waals surface area (Å²) in [7, 11) is 0. The molecular weight excluding hydrogens is 264 g/mol. The lowest BCUT2D eigenvalue weighted by atomic mass is 10.3. The molecule has 0 aliphatic heterocycles. The standard InChI is InChI=1S/C14H15ClN2O2/c1-4-18-11-6-5-7-12(8-11)19-14-9(2)13(15)16-10(3)17-14/h5-8H,4H2,1-3H3. The zero-order valence-electron chi connectivity index (χ0n) is 11.1. The first-order valence-electron chi connectivity index (χ1n) is 6.01. The molecule has 0 bridgehead atoms. The van der Waals surface area contributed by atoms with Crippen molar-refractivity contribution in [3.8, 4) is 17.4 Å². The number of nitrogens with zero attached hydrogens (tertiary/aromatic N) is 2. The summed E-state index contributed by atoms with van der Waals surface area (Å²) in [4.78, 5) is 8.32. The maximum absolute atomic E-state index is 6.01. The molecule has 0 spiro atoms. The Morgan fingerprint density at radius 1 is 1.16 bits per heavy atom. The van der Waals surface area contributed by atoms with Crippen molar-refractivity contribution in [2.75, 3.05) is 6.61 Å². The smallest absolute Gasteiger partial charge is 0.226 e. The van der Waals surface area contributed by atoms with Crippen LogP contribution in [0.4, 0.5) is 0 Å². The Balaban J connectivity index is 2.28. The molecule has 1 heterocycles. The number of rotatable bonds is 4. The van der Waals surface area contributed by atoms with Gasteiger partial charge in [-0.3, -0.25) is 0 Å². The van der Waals surface area contributed by atoms with Gasteiger partial charge in [0.1, 0.15) is 22.5 Å². The minimum atomic E-state index is 0.406. The van der Waals surface area contributed by atoms with E-state index < -0.39 is 0 Å². The van der Waals surface area contributed by atoms with Crippen molar-refractivity contribution in [3.63, 3.8) is 0 Å². The molecule has 0 radical (unpaired) electrons. The second kappa shape index (κ2) is 5.89. The van der Waals surface area contributed by atoms with Gasteiger partial charge in [-0.05, 0) is 32.9 Å². The van der Waals surface area contributed by atoms with Crippen molar-refractivity contribution in [1.29, 1.82) is 0 Å². The molecule has 0 N–H and O–H groups in total. The van der Waals surface area contributed by atoms with Gasteiger partial charge in [0.05, 0.1) is 6.61 Å². The van der Waals surface area contributed by atoms with Crippen LogP contribution in [-0.2, 0) is 0 Å². The number of benzene rings is 1. The highest BCUT2D eigenvalue weighted by molar-refractivity contribution is 6.30. The normalized spacial score (nSPS) is 10.3. The van der Waals surface area contributed by atoms with Gasteiger partial charge in [0.2, 0.25) is 5.88 Å². The molecule has 0 saturated heterocycles. The minimum Gasteiger partial charge on any atom is -0.494 e. The van der Waals surface area contributed by atoms with Gasteiger partial charge < -0.3 is 9.47 Å². The molecule has 0 saturated carbocycles. The van der Waals surface area contributed by atoms with Crippen LogP contribution in [-0.4, -0.2) is 16.6 Å². The Morgan fingerprint density at radius 2 is 1.89 bits per heavy atom. The van der Waals surface area contributed by atoms with E-state index in [9.17, 15) is 0 Å². The van der Waals surface area contributed by atoms with Gasteiger partial charge in [0.25, 0.3) is 0 Å². The molecule has 19 heavy (non-hydrogen) atoms. The van der Waals surface area contributed by atoms with Crippen molar-refractivity contribution in [3.05, 3.63) is 40.8 Å². The van der Waals surface area contributed by atoms with Gasteiger partial charge in [0.15, 0.2) is 0 Å². The summed E-state index contributed by atoms with van der Waals surface area (Å²) in [6.45, 7) is 6.14. The molecule has 0 fully saturated rings. The number of halogens is 1. The van der Waals surface area contributed by atoms with Gasteiger partial charge in [0, 0.05) is 11.6 Å². The van der Waals surface area contributed by atoms with Crippen molar-refractivity contribution in [2.24, 2.45) is 0 Å². The Bertz CT molecular complexity index is 588. The average molecular weight is 279 g/mol. The molecule has 0 atom stereocenters. The summed E-state index contributed by atoms with van der Waals surface area (Å²) in [5.74, 6) is 2.45. The molecular formula is C14H15ClN2O2. The van der Waals surface area contributed by atoms with Crippen LogP contribution in [0.15, 0.2) is 24.3 Å². The van der Waals surface area contributed by atoms with Crippen LogP contribution in [0.5, 0.6) is 17.4 Å². The van der Waals surface area contributed by atoms with Gasteiger partial charge in [-0.1, -0.05) is 17.7 Å². The van der Waals surface area contributed by atoms with Crippen LogP contribution in [0.25, 0.3) is 0 Å². The first-order valence-corrected chi connectivity index (χ1v) is 6.39. The lowest BCUT2D eigenvalue weighted by Gasteiger charge is -2.10. The first kappa shape index (κ1) is 13.6. The van der Waals surface area contributed by atoms with Gasteiger partial charge in [-0.15, -0.1) is 0 Å². The lowest BCUT2D eigenvalue weighted by Crippen LogP contribution is -1.98. The zero-order valence-corrected chi connectivity index (χ0v) is 11.9. The predicted octanol–water partition coefficient (Wildman–Crippen LogP) is 3.94. The summed E-state index contributed by atoms with van der Waals surface area (Å²) in [6.07, 6.45) is 0. The van der Waals surface area contributed by atoms with Crippen LogP contribution in [0.2, 0.25) is 5.15 Å². The van der Waals surface area contributed by atoms with Crippen molar-refractivity contribution >= 4 is 11.6 Å². The maximum Gasteiger partial charge on any atom is 0.226 e. The number of ether oxygens (including phenoxy) is 2. The highest BCUT2D eigenvalue weighted by Gasteiger charge is 2.10. The second-order valence-electron chi connectivity index (χ2n) is 4.00. The largest absolute Gasteiger partial charge is 0.494 e. The minimum absolute atomic E-state index is 0.406. The fourth-order valence-corrected chi connectivity index (χ4v) is 1.78. The van der Waals surface area contributed by atoms with Crippen molar-refractivity contribution < 1.29 is 9.47 Å². The van der Waals surface area contributed by atoms with Crippen molar-refractivity contribution in [2.45, 2.75) is 20.8 Å². The van der Waals surface area contributed by atoms with E-state index in [0.717, 1.165) is 5.75 Å². The van der Waals surface area contributed by atoms with Crippen LogP contribution in [0.3, 0.4) is 0 Å². The van der Waals surface area contributed by atoms with Gasteiger partial charge in [-0.2, -0.15) is 4.98 Å². The van der Waals surface area contributed by atoms with E-state index >= 15 is 0 Å². The fraction of sp³-hybridized carbons (Fsp3) is 0.286. The molecule has 2 rings (SSSR count). The van der Waals surface area contributed by atoms with E-state index in [4.69, 9.17) is 21.1 Å². The lowest BCUT2D eigenvalue weighted by molar-refractivity contribution is 0.338. The maximum atomic E-state index is 6.01. The Labute approximate surface area is 117 Å². The van der Waals surface area contributed by atoms with Crippen LogP contribution >= 0.6 is 11.6 Å². The summed E-state index contributed by atoms with van der Waals surface area (Å²) in [5, 5.41) is 0.406. The van der Waals surface area contributed by atoms with E-state index in [1.807, 2.05) is 38.1 Å². The monoisotopic (exact) mass is 278 g/mol. The Kier molecular flexibility index (Phi) is 4.22. The topological polar surface area (TPSA) is 44.2 Å². The molecule has 100 valence electrons. The van der Waals surface area contributed by atoms with E-state index in [-0.39, 0.29) is 0 Å². The molecule has 1 aromatic heterocycles. The Morgan fingerprint density at radius 3 is 2.63 bits per heavy atom. The molecule has 0 amide bonds. The van der Waals surface area contributed by atoms with Crippen LogP contribution in [0, 0.1) is 13.8 Å². The van der Waals surface area contributed by atoms with E-state index in [2.05, 4.69) is 9.97 Å². The number of hydrogen-bond acceptors (Lipinski definition) is 4. The first-order chi connectivity index (χ1) is 9.10. The molecule has 2 aromatic rings. The third-order valence-corrected chi connectivity index (χ3v) is 2.85. The molecule has 1 aromatic carbocycles. The quantitative estimate of drug-likeness (QED) is 0.795. The van der Waals surface area contributed by atoms with Gasteiger partial charge in [-0.25, -0.2) is 4.98 Å². The molecule has 0 aliphatic rings. The number of aryl methyl sites for hydroxylation is 1. The molecule has 4 nitrogen and oxygen atoms in total. The third kappa shape index (κ3) is 3.35. The zero-order chi connectivity index (χ0) is 13.8. The highest BCUT2D eigenvalue weighted by atomic mass is 35.5. The van der Waals surface area contributed by atoms with Crippen LogP contribution in [0.1, 0.15) is 18.3 Å². The third-order valence-electron chi connectivity index (χ3n) is 2.48. The van der Waals surface area contributed by atoms with E-state index in [0.29, 0.717) is 34.8 Å². The van der Waals surface area contributed by atoms with E-state index in [1.165, 1.54) is 0 Å². The van der Waals surface area contributed by atoms with Gasteiger partial charge >= 0.3 is 0 Å². The molecule has 5 heteroatoms. The number of aromatic nitrogens is 2. The fourth-order valence-electron chi connectivity index (χ4n) is 1.58. The van der Waals surface area contributed by atoms with E-state index in [1.54, 1.807) is 6.92 Å². The average Bonchev–Trinajstić information content (AvgIpc) is 2.36. The second-order valence-corrected chi connectivity index (χ2v) is 4.36.